The SMILES string of the molecule is CCCNC(COC)c1cc(C)c(Br)s1. The van der Waals surface area contributed by atoms with E-state index in [0.29, 0.717) is 6.04 Å². The summed E-state index contributed by atoms with van der Waals surface area (Å²) in [5.74, 6) is 0. The molecule has 0 radical (unpaired) electrons. The van der Waals surface area contributed by atoms with Crippen molar-refractivity contribution in [2.24, 2.45) is 0 Å². The molecular weight excluding hydrogens is 274 g/mol. The number of thiophene rings is 1. The van der Waals surface area contributed by atoms with Crippen molar-refractivity contribution in [1.82, 2.24) is 5.32 Å². The van der Waals surface area contributed by atoms with Gasteiger partial charge in [-0.25, -0.2) is 0 Å². The summed E-state index contributed by atoms with van der Waals surface area (Å²) < 4.78 is 6.45. The van der Waals surface area contributed by atoms with Gasteiger partial charge in [-0.15, -0.1) is 11.3 Å². The third-order valence-electron chi connectivity index (χ3n) is 2.19. The van der Waals surface area contributed by atoms with E-state index in [1.165, 1.54) is 14.2 Å². The maximum atomic E-state index is 5.23. The molecule has 0 spiro atoms. The molecule has 2 nitrogen and oxygen atoms in total. The van der Waals surface area contributed by atoms with E-state index in [4.69, 9.17) is 4.74 Å². The van der Waals surface area contributed by atoms with Gasteiger partial charge in [0, 0.05) is 12.0 Å². The van der Waals surface area contributed by atoms with Crippen molar-refractivity contribution in [3.8, 4) is 0 Å². The van der Waals surface area contributed by atoms with Crippen LogP contribution in [0.2, 0.25) is 0 Å². The number of methoxy groups -OCH3 is 1. The first-order chi connectivity index (χ1) is 7.19. The first-order valence-electron chi connectivity index (χ1n) is 5.17. The van der Waals surface area contributed by atoms with E-state index < -0.39 is 0 Å². The molecule has 1 rings (SSSR count). The monoisotopic (exact) mass is 291 g/mol. The second-order valence-corrected chi connectivity index (χ2v) is 5.97. The highest BCUT2D eigenvalue weighted by molar-refractivity contribution is 9.11. The smallest absolute Gasteiger partial charge is 0.0731 e. The molecule has 86 valence electrons. The number of nitrogens with one attached hydrogen (secondary N) is 1. The van der Waals surface area contributed by atoms with Crippen LogP contribution in [0.4, 0.5) is 0 Å². The van der Waals surface area contributed by atoms with Crippen LogP contribution in [-0.4, -0.2) is 20.3 Å². The van der Waals surface area contributed by atoms with E-state index in [2.05, 4.69) is 41.2 Å². The van der Waals surface area contributed by atoms with Gasteiger partial charge in [0.1, 0.15) is 0 Å². The molecule has 15 heavy (non-hydrogen) atoms. The zero-order valence-electron chi connectivity index (χ0n) is 9.47. The number of hydrogen-bond acceptors (Lipinski definition) is 3. The average Bonchev–Trinajstić information content (AvgIpc) is 2.54. The van der Waals surface area contributed by atoms with Crippen molar-refractivity contribution in [3.05, 3.63) is 20.3 Å². The van der Waals surface area contributed by atoms with Gasteiger partial charge in [0.2, 0.25) is 0 Å². The fraction of sp³-hybridized carbons (Fsp3) is 0.636. The fourth-order valence-electron chi connectivity index (χ4n) is 1.38. The Hall–Kier alpha value is 0.1000. The summed E-state index contributed by atoms with van der Waals surface area (Å²) in [6.07, 6.45) is 1.14. The molecule has 1 aromatic heterocycles. The topological polar surface area (TPSA) is 21.3 Å². The first-order valence-corrected chi connectivity index (χ1v) is 6.78. The Morgan fingerprint density at radius 3 is 2.80 bits per heavy atom. The molecule has 1 aromatic rings. The minimum atomic E-state index is 0.324. The Morgan fingerprint density at radius 2 is 2.33 bits per heavy atom. The predicted octanol–water partition coefficient (Wildman–Crippen LogP) is 3.51. The van der Waals surface area contributed by atoms with E-state index in [9.17, 15) is 0 Å². The molecule has 0 bridgehead atoms. The second kappa shape index (κ2) is 6.63. The van der Waals surface area contributed by atoms with Gasteiger partial charge in [-0.1, -0.05) is 6.92 Å². The van der Waals surface area contributed by atoms with E-state index in [0.717, 1.165) is 19.6 Å². The maximum Gasteiger partial charge on any atom is 0.0731 e. The predicted molar refractivity (Wildman–Crippen MR) is 69.7 cm³/mol. The van der Waals surface area contributed by atoms with Crippen molar-refractivity contribution >= 4 is 27.3 Å². The fourth-order valence-corrected chi connectivity index (χ4v) is 3.01. The molecule has 0 fully saturated rings. The quantitative estimate of drug-likeness (QED) is 0.866. The molecule has 0 aliphatic rings. The minimum Gasteiger partial charge on any atom is -0.383 e. The largest absolute Gasteiger partial charge is 0.383 e. The van der Waals surface area contributed by atoms with Crippen molar-refractivity contribution in [2.75, 3.05) is 20.3 Å². The normalized spacial score (nSPS) is 13.1. The number of rotatable bonds is 6. The van der Waals surface area contributed by atoms with Crippen molar-refractivity contribution in [1.29, 1.82) is 0 Å². The van der Waals surface area contributed by atoms with Gasteiger partial charge in [-0.05, 0) is 47.4 Å². The highest BCUT2D eigenvalue weighted by Crippen LogP contribution is 2.31. The van der Waals surface area contributed by atoms with E-state index in [1.807, 2.05) is 0 Å². The first kappa shape index (κ1) is 13.2. The Kier molecular flexibility index (Phi) is 5.82. The van der Waals surface area contributed by atoms with Crippen LogP contribution in [0.25, 0.3) is 0 Å². The van der Waals surface area contributed by atoms with Crippen LogP contribution in [-0.2, 0) is 4.74 Å². The highest BCUT2D eigenvalue weighted by atomic mass is 79.9. The van der Waals surface area contributed by atoms with Gasteiger partial charge in [0.05, 0.1) is 16.4 Å². The highest BCUT2D eigenvalue weighted by Gasteiger charge is 2.14. The standard InChI is InChI=1S/C11H18BrNOS/c1-4-5-13-9(7-14-3)10-6-8(2)11(12)15-10/h6,9,13H,4-5,7H2,1-3H3. The summed E-state index contributed by atoms with van der Waals surface area (Å²) in [5.41, 5.74) is 1.30. The maximum absolute atomic E-state index is 5.23. The summed E-state index contributed by atoms with van der Waals surface area (Å²) in [7, 11) is 1.75. The Balaban J connectivity index is 2.69. The molecule has 1 N–H and O–H groups in total. The summed E-state index contributed by atoms with van der Waals surface area (Å²) in [6.45, 7) is 6.05. The van der Waals surface area contributed by atoms with Crippen LogP contribution in [0, 0.1) is 6.92 Å². The Labute approximate surface area is 104 Å². The molecule has 0 saturated carbocycles. The number of hydrogen-bond donors (Lipinski definition) is 1. The summed E-state index contributed by atoms with van der Waals surface area (Å²) in [4.78, 5) is 1.34. The van der Waals surface area contributed by atoms with Crippen LogP contribution in [0.15, 0.2) is 9.85 Å². The minimum absolute atomic E-state index is 0.324. The van der Waals surface area contributed by atoms with E-state index in [-0.39, 0.29) is 0 Å². The Bertz CT molecular complexity index is 281. The van der Waals surface area contributed by atoms with Crippen molar-refractivity contribution in [3.63, 3.8) is 0 Å². The molecule has 1 unspecified atom stereocenters. The lowest BCUT2D eigenvalue weighted by molar-refractivity contribution is 0.168. The molecule has 0 amide bonds. The molecule has 0 aromatic carbocycles. The summed E-state index contributed by atoms with van der Waals surface area (Å²) in [6, 6.07) is 2.55. The second-order valence-electron chi connectivity index (χ2n) is 3.57. The van der Waals surface area contributed by atoms with Crippen LogP contribution in [0.1, 0.15) is 29.8 Å². The van der Waals surface area contributed by atoms with Crippen LogP contribution in [0.3, 0.4) is 0 Å². The number of aryl methyl sites for hydroxylation is 1. The number of halogens is 1. The molecule has 0 aliphatic carbocycles. The molecular formula is C11H18BrNOS. The Morgan fingerprint density at radius 1 is 1.60 bits per heavy atom. The van der Waals surface area contributed by atoms with E-state index in [1.54, 1.807) is 18.4 Å². The van der Waals surface area contributed by atoms with Crippen molar-refractivity contribution < 1.29 is 4.74 Å². The van der Waals surface area contributed by atoms with Gasteiger partial charge in [0.15, 0.2) is 0 Å². The molecule has 1 atom stereocenters. The van der Waals surface area contributed by atoms with Gasteiger partial charge in [-0.2, -0.15) is 0 Å². The summed E-state index contributed by atoms with van der Waals surface area (Å²) >= 11 is 5.34. The third-order valence-corrected chi connectivity index (χ3v) is 4.44. The van der Waals surface area contributed by atoms with Crippen molar-refractivity contribution in [2.45, 2.75) is 26.3 Å². The van der Waals surface area contributed by atoms with Gasteiger partial charge >= 0.3 is 0 Å². The number of ether oxygens (including phenoxy) is 1. The zero-order valence-corrected chi connectivity index (χ0v) is 11.9. The zero-order chi connectivity index (χ0) is 11.3. The molecule has 0 saturated heterocycles. The van der Waals surface area contributed by atoms with Crippen LogP contribution in [0.5, 0.6) is 0 Å². The lowest BCUT2D eigenvalue weighted by Crippen LogP contribution is -2.25. The van der Waals surface area contributed by atoms with Gasteiger partial charge in [-0.3, -0.25) is 0 Å². The molecule has 0 aliphatic heterocycles. The van der Waals surface area contributed by atoms with Crippen LogP contribution < -0.4 is 5.32 Å². The van der Waals surface area contributed by atoms with Gasteiger partial charge in [0.25, 0.3) is 0 Å². The van der Waals surface area contributed by atoms with Gasteiger partial charge < -0.3 is 10.1 Å². The van der Waals surface area contributed by atoms with E-state index >= 15 is 0 Å². The lowest BCUT2D eigenvalue weighted by Gasteiger charge is -2.15. The lowest BCUT2D eigenvalue weighted by atomic mass is 10.2. The molecule has 1 heterocycles. The third kappa shape index (κ3) is 3.87. The summed E-state index contributed by atoms with van der Waals surface area (Å²) in [5, 5.41) is 3.49. The average molecular weight is 292 g/mol. The van der Waals surface area contributed by atoms with Crippen LogP contribution >= 0.6 is 27.3 Å². The molecule has 4 heteroatoms.